The van der Waals surface area contributed by atoms with Gasteiger partial charge in [-0.25, -0.2) is 0 Å². The Morgan fingerprint density at radius 1 is 0.294 bits per heavy atom. The van der Waals surface area contributed by atoms with Crippen LogP contribution in [0.1, 0.15) is 105 Å². The SMILES string of the molecule is CC(C)(C)c1ccc(-c2cc(-c3cc(C(C)(C)C)cc(C(C)(C)C)c3)cc(C(C)(C)C)c2)cc1. The maximum absolute atomic E-state index is 2.41. The van der Waals surface area contributed by atoms with E-state index in [9.17, 15) is 0 Å². The van der Waals surface area contributed by atoms with E-state index in [2.05, 4.69) is 144 Å². The molecular formula is C34H46. The van der Waals surface area contributed by atoms with Crippen molar-refractivity contribution in [2.45, 2.75) is 105 Å². The lowest BCUT2D eigenvalue weighted by molar-refractivity contribution is 0.569. The van der Waals surface area contributed by atoms with Crippen LogP contribution in [0, 0.1) is 0 Å². The lowest BCUT2D eigenvalue weighted by Crippen LogP contribution is -2.16. The molecule has 0 aliphatic rings. The van der Waals surface area contributed by atoms with Gasteiger partial charge in [-0.1, -0.05) is 138 Å². The molecular weight excluding hydrogens is 408 g/mol. The standard InChI is InChI=1S/C34H46/c1-31(2,3)27-15-13-23(14-16-27)24-17-25(19-28(18-24)32(4,5)6)26-20-29(33(7,8)9)22-30(21-26)34(10,11)12/h13-22H,1-12H3. The summed E-state index contributed by atoms with van der Waals surface area (Å²) in [6.45, 7) is 27.6. The zero-order valence-corrected chi connectivity index (χ0v) is 23.8. The van der Waals surface area contributed by atoms with Crippen LogP contribution in [-0.2, 0) is 21.7 Å². The Balaban J connectivity index is 2.25. The minimum atomic E-state index is 0.0740. The molecule has 0 amide bonds. The van der Waals surface area contributed by atoms with Crippen LogP contribution in [-0.4, -0.2) is 0 Å². The van der Waals surface area contributed by atoms with Crippen molar-refractivity contribution in [3.8, 4) is 22.3 Å². The summed E-state index contributed by atoms with van der Waals surface area (Å²) < 4.78 is 0. The van der Waals surface area contributed by atoms with E-state index >= 15 is 0 Å². The Bertz CT molecular complexity index is 1110. The third kappa shape index (κ3) is 6.01. The molecule has 0 fully saturated rings. The van der Waals surface area contributed by atoms with Crippen molar-refractivity contribution in [1.82, 2.24) is 0 Å². The van der Waals surface area contributed by atoms with Gasteiger partial charge in [-0.3, -0.25) is 0 Å². The number of hydrogen-bond acceptors (Lipinski definition) is 0. The molecule has 0 saturated carbocycles. The normalized spacial score (nSPS) is 13.3. The topological polar surface area (TPSA) is 0 Å². The predicted molar refractivity (Wildman–Crippen MR) is 152 cm³/mol. The zero-order valence-electron chi connectivity index (χ0n) is 23.8. The molecule has 0 aliphatic carbocycles. The van der Waals surface area contributed by atoms with Crippen molar-refractivity contribution in [2.75, 3.05) is 0 Å². The molecule has 3 aromatic rings. The summed E-state index contributed by atoms with van der Waals surface area (Å²) in [5.74, 6) is 0. The molecule has 0 heterocycles. The van der Waals surface area contributed by atoms with Gasteiger partial charge in [-0.15, -0.1) is 0 Å². The molecule has 0 spiro atoms. The van der Waals surface area contributed by atoms with Crippen LogP contribution in [0.4, 0.5) is 0 Å². The minimum absolute atomic E-state index is 0.0740. The third-order valence-electron chi connectivity index (χ3n) is 6.88. The molecule has 0 saturated heterocycles. The van der Waals surface area contributed by atoms with E-state index in [1.54, 1.807) is 0 Å². The van der Waals surface area contributed by atoms with Gasteiger partial charge in [0.15, 0.2) is 0 Å². The van der Waals surface area contributed by atoms with E-state index < -0.39 is 0 Å². The van der Waals surface area contributed by atoms with Crippen LogP contribution < -0.4 is 0 Å². The summed E-state index contributed by atoms with van der Waals surface area (Å²) in [6.07, 6.45) is 0. The van der Waals surface area contributed by atoms with E-state index in [0.29, 0.717) is 0 Å². The second kappa shape index (κ2) is 8.71. The summed E-state index contributed by atoms with van der Waals surface area (Å²) in [6, 6.07) is 23.5. The first kappa shape index (κ1) is 26.3. The van der Waals surface area contributed by atoms with E-state index in [1.165, 1.54) is 44.5 Å². The van der Waals surface area contributed by atoms with E-state index in [0.717, 1.165) is 0 Å². The first-order valence-corrected chi connectivity index (χ1v) is 12.8. The third-order valence-corrected chi connectivity index (χ3v) is 6.88. The van der Waals surface area contributed by atoms with Crippen LogP contribution in [0.3, 0.4) is 0 Å². The highest BCUT2D eigenvalue weighted by atomic mass is 14.3. The highest BCUT2D eigenvalue weighted by molar-refractivity contribution is 5.76. The van der Waals surface area contributed by atoms with Gasteiger partial charge in [0.05, 0.1) is 0 Å². The van der Waals surface area contributed by atoms with Gasteiger partial charge in [-0.2, -0.15) is 0 Å². The highest BCUT2D eigenvalue weighted by Gasteiger charge is 2.22. The second-order valence-electron chi connectivity index (χ2n) is 14.2. The quantitative estimate of drug-likeness (QED) is 0.361. The summed E-state index contributed by atoms with van der Waals surface area (Å²) in [5, 5.41) is 0. The zero-order chi connectivity index (χ0) is 25.7. The van der Waals surface area contributed by atoms with Crippen LogP contribution in [0.25, 0.3) is 22.3 Å². The molecule has 0 unspecified atom stereocenters. The largest absolute Gasteiger partial charge is 0.0579 e. The van der Waals surface area contributed by atoms with Gasteiger partial charge in [0.25, 0.3) is 0 Å². The maximum atomic E-state index is 2.41. The van der Waals surface area contributed by atoms with Gasteiger partial charge in [-0.05, 0) is 72.2 Å². The lowest BCUT2D eigenvalue weighted by Gasteiger charge is -2.27. The van der Waals surface area contributed by atoms with Gasteiger partial charge < -0.3 is 0 Å². The molecule has 0 heteroatoms. The number of benzene rings is 3. The van der Waals surface area contributed by atoms with Gasteiger partial charge in [0, 0.05) is 0 Å². The van der Waals surface area contributed by atoms with Crippen molar-refractivity contribution in [1.29, 1.82) is 0 Å². The van der Waals surface area contributed by atoms with Crippen LogP contribution in [0.5, 0.6) is 0 Å². The molecule has 0 bridgehead atoms. The molecule has 0 aliphatic heterocycles. The number of rotatable bonds is 2. The van der Waals surface area contributed by atoms with Gasteiger partial charge in [0.2, 0.25) is 0 Å². The van der Waals surface area contributed by atoms with Crippen LogP contribution >= 0.6 is 0 Å². The summed E-state index contributed by atoms with van der Waals surface area (Å²) >= 11 is 0. The molecule has 0 nitrogen and oxygen atoms in total. The Hall–Kier alpha value is -2.34. The minimum Gasteiger partial charge on any atom is -0.0579 e. The molecule has 3 aromatic carbocycles. The fourth-order valence-corrected chi connectivity index (χ4v) is 4.22. The van der Waals surface area contributed by atoms with E-state index in [-0.39, 0.29) is 21.7 Å². The molecule has 3 rings (SSSR count). The Morgan fingerprint density at radius 3 is 0.941 bits per heavy atom. The van der Waals surface area contributed by atoms with Crippen molar-refractivity contribution >= 4 is 0 Å². The van der Waals surface area contributed by atoms with Crippen molar-refractivity contribution in [3.05, 3.63) is 82.9 Å². The predicted octanol–water partition coefficient (Wildman–Crippen LogP) is 10.2. The Labute approximate surface area is 209 Å². The molecule has 182 valence electrons. The fraction of sp³-hybridized carbons (Fsp3) is 0.471. The van der Waals surface area contributed by atoms with E-state index in [4.69, 9.17) is 0 Å². The molecule has 0 radical (unpaired) electrons. The maximum Gasteiger partial charge on any atom is -0.0131 e. The van der Waals surface area contributed by atoms with Gasteiger partial charge >= 0.3 is 0 Å². The summed E-state index contributed by atoms with van der Waals surface area (Å²) in [7, 11) is 0. The average molecular weight is 455 g/mol. The van der Waals surface area contributed by atoms with Crippen LogP contribution in [0.2, 0.25) is 0 Å². The first-order chi connectivity index (χ1) is 15.4. The summed E-state index contributed by atoms with van der Waals surface area (Å²) in [4.78, 5) is 0. The molecule has 0 atom stereocenters. The van der Waals surface area contributed by atoms with Crippen LogP contribution in [0.15, 0.2) is 60.7 Å². The number of hydrogen-bond donors (Lipinski definition) is 0. The Kier molecular flexibility index (Phi) is 6.73. The van der Waals surface area contributed by atoms with E-state index in [1.807, 2.05) is 0 Å². The van der Waals surface area contributed by atoms with Crippen molar-refractivity contribution in [2.24, 2.45) is 0 Å². The molecule has 34 heavy (non-hydrogen) atoms. The first-order valence-electron chi connectivity index (χ1n) is 12.8. The smallest absolute Gasteiger partial charge is 0.0131 e. The average Bonchev–Trinajstić information content (AvgIpc) is 2.70. The monoisotopic (exact) mass is 454 g/mol. The van der Waals surface area contributed by atoms with Crippen molar-refractivity contribution < 1.29 is 0 Å². The lowest BCUT2D eigenvalue weighted by atomic mass is 9.78. The molecule has 0 aromatic heterocycles. The van der Waals surface area contributed by atoms with Crippen molar-refractivity contribution in [3.63, 3.8) is 0 Å². The fourth-order valence-electron chi connectivity index (χ4n) is 4.22. The second-order valence-corrected chi connectivity index (χ2v) is 14.2. The summed E-state index contributed by atoms with van der Waals surface area (Å²) in [5.41, 5.74) is 11.2. The highest BCUT2D eigenvalue weighted by Crippen LogP contribution is 2.38. The van der Waals surface area contributed by atoms with Gasteiger partial charge in [0.1, 0.15) is 0 Å². The molecule has 0 N–H and O–H groups in total. The Morgan fingerprint density at radius 2 is 0.588 bits per heavy atom.